The Kier molecular flexibility index (Phi) is 3.06. The number of hydrogen-bond acceptors (Lipinski definition) is 3. The summed E-state index contributed by atoms with van der Waals surface area (Å²) in [6, 6.07) is 5.72. The summed E-state index contributed by atoms with van der Waals surface area (Å²) in [7, 11) is 1.54. The summed E-state index contributed by atoms with van der Waals surface area (Å²) in [6.45, 7) is 1.99. The molecular formula is C12H11ClN2O. The van der Waals surface area contributed by atoms with Gasteiger partial charge < -0.3 is 4.74 Å². The summed E-state index contributed by atoms with van der Waals surface area (Å²) in [4.78, 5) is 8.35. The molecule has 16 heavy (non-hydrogen) atoms. The van der Waals surface area contributed by atoms with Gasteiger partial charge in [0.2, 0.25) is 5.88 Å². The van der Waals surface area contributed by atoms with E-state index in [0.717, 1.165) is 16.8 Å². The Labute approximate surface area is 99.1 Å². The van der Waals surface area contributed by atoms with Crippen LogP contribution >= 0.6 is 11.6 Å². The zero-order valence-electron chi connectivity index (χ0n) is 9.07. The molecule has 2 rings (SSSR count). The molecule has 0 bridgehead atoms. The number of pyridine rings is 2. The van der Waals surface area contributed by atoms with Gasteiger partial charge in [-0.2, -0.15) is 0 Å². The number of rotatable bonds is 2. The van der Waals surface area contributed by atoms with Crippen molar-refractivity contribution < 1.29 is 4.74 Å². The summed E-state index contributed by atoms with van der Waals surface area (Å²) in [6.07, 6.45) is 3.40. The Morgan fingerprint density at radius 2 is 2.00 bits per heavy atom. The van der Waals surface area contributed by atoms with Crippen LogP contribution < -0.4 is 4.74 Å². The normalized spacial score (nSPS) is 10.2. The number of halogens is 1. The molecule has 0 amide bonds. The minimum absolute atomic E-state index is 0.421. The minimum atomic E-state index is 0.421. The molecule has 0 aromatic carbocycles. The van der Waals surface area contributed by atoms with E-state index in [-0.39, 0.29) is 0 Å². The zero-order valence-corrected chi connectivity index (χ0v) is 9.82. The van der Waals surface area contributed by atoms with Gasteiger partial charge in [0.1, 0.15) is 5.02 Å². The van der Waals surface area contributed by atoms with Crippen LogP contribution in [0.3, 0.4) is 0 Å². The highest BCUT2D eigenvalue weighted by molar-refractivity contribution is 6.34. The van der Waals surface area contributed by atoms with Crippen molar-refractivity contribution in [2.75, 3.05) is 7.11 Å². The maximum Gasteiger partial charge on any atom is 0.232 e. The van der Waals surface area contributed by atoms with Crippen molar-refractivity contribution in [1.29, 1.82) is 0 Å². The first-order chi connectivity index (χ1) is 7.74. The fourth-order valence-corrected chi connectivity index (χ4v) is 1.80. The molecule has 0 aliphatic rings. The number of ether oxygens (including phenoxy) is 1. The van der Waals surface area contributed by atoms with Crippen LogP contribution in [-0.4, -0.2) is 17.1 Å². The number of hydrogen-bond donors (Lipinski definition) is 0. The van der Waals surface area contributed by atoms with Crippen molar-refractivity contribution in [1.82, 2.24) is 9.97 Å². The van der Waals surface area contributed by atoms with E-state index in [2.05, 4.69) is 9.97 Å². The van der Waals surface area contributed by atoms with Crippen molar-refractivity contribution in [3.8, 4) is 17.1 Å². The predicted octanol–water partition coefficient (Wildman–Crippen LogP) is 3.11. The van der Waals surface area contributed by atoms with Gasteiger partial charge in [-0.3, -0.25) is 4.98 Å². The van der Waals surface area contributed by atoms with Gasteiger partial charge in [0.15, 0.2) is 0 Å². The van der Waals surface area contributed by atoms with E-state index in [1.165, 1.54) is 0 Å². The van der Waals surface area contributed by atoms with Crippen molar-refractivity contribution in [3.63, 3.8) is 0 Å². The molecule has 0 spiro atoms. The zero-order chi connectivity index (χ0) is 11.5. The number of aromatic nitrogens is 2. The third kappa shape index (κ3) is 1.86. The Morgan fingerprint density at radius 3 is 2.69 bits per heavy atom. The second kappa shape index (κ2) is 4.49. The third-order valence-electron chi connectivity index (χ3n) is 2.32. The standard InChI is InChI=1S/C12H11ClN2O/c1-8-4-3-6-14-11(8)9-5-7-15-12(16-2)10(9)13/h3-7H,1-2H3. The van der Waals surface area contributed by atoms with Gasteiger partial charge in [0.25, 0.3) is 0 Å². The molecule has 3 nitrogen and oxygen atoms in total. The van der Waals surface area contributed by atoms with E-state index in [0.29, 0.717) is 10.9 Å². The van der Waals surface area contributed by atoms with Gasteiger partial charge in [-0.05, 0) is 24.6 Å². The summed E-state index contributed by atoms with van der Waals surface area (Å²) in [5, 5.41) is 0.492. The Morgan fingerprint density at radius 1 is 1.19 bits per heavy atom. The van der Waals surface area contributed by atoms with E-state index in [4.69, 9.17) is 16.3 Å². The van der Waals surface area contributed by atoms with Crippen LogP contribution in [0.1, 0.15) is 5.56 Å². The fraction of sp³-hybridized carbons (Fsp3) is 0.167. The van der Waals surface area contributed by atoms with Crippen molar-refractivity contribution >= 4 is 11.6 Å². The average Bonchev–Trinajstić information content (AvgIpc) is 2.31. The lowest BCUT2D eigenvalue weighted by Crippen LogP contribution is -1.93. The van der Waals surface area contributed by atoms with E-state index in [9.17, 15) is 0 Å². The van der Waals surface area contributed by atoms with Gasteiger partial charge in [-0.25, -0.2) is 4.98 Å². The maximum atomic E-state index is 6.19. The van der Waals surface area contributed by atoms with Gasteiger partial charge in [0.05, 0.1) is 12.8 Å². The molecule has 0 aliphatic carbocycles. The molecule has 0 fully saturated rings. The van der Waals surface area contributed by atoms with Crippen LogP contribution in [-0.2, 0) is 0 Å². The summed E-state index contributed by atoms with van der Waals surface area (Å²) < 4.78 is 5.08. The van der Waals surface area contributed by atoms with Crippen molar-refractivity contribution in [3.05, 3.63) is 41.2 Å². The second-order valence-electron chi connectivity index (χ2n) is 3.35. The smallest absolute Gasteiger partial charge is 0.232 e. The molecule has 0 saturated heterocycles. The number of nitrogens with zero attached hydrogens (tertiary/aromatic N) is 2. The Balaban J connectivity index is 2.61. The van der Waals surface area contributed by atoms with Crippen molar-refractivity contribution in [2.24, 2.45) is 0 Å². The number of methoxy groups -OCH3 is 1. The summed E-state index contributed by atoms with van der Waals surface area (Å²) >= 11 is 6.19. The molecule has 2 heterocycles. The second-order valence-corrected chi connectivity index (χ2v) is 3.73. The SMILES string of the molecule is COc1nccc(-c2ncccc2C)c1Cl. The van der Waals surface area contributed by atoms with E-state index in [1.807, 2.05) is 25.1 Å². The van der Waals surface area contributed by atoms with Gasteiger partial charge in [-0.1, -0.05) is 17.7 Å². The molecule has 0 N–H and O–H groups in total. The van der Waals surface area contributed by atoms with Crippen LogP contribution in [0.5, 0.6) is 5.88 Å². The maximum absolute atomic E-state index is 6.19. The first-order valence-electron chi connectivity index (χ1n) is 4.84. The molecule has 82 valence electrons. The Hall–Kier alpha value is -1.61. The average molecular weight is 235 g/mol. The van der Waals surface area contributed by atoms with E-state index in [1.54, 1.807) is 19.5 Å². The third-order valence-corrected chi connectivity index (χ3v) is 2.68. The van der Waals surface area contributed by atoms with Crippen LogP contribution in [0.4, 0.5) is 0 Å². The predicted molar refractivity (Wildman–Crippen MR) is 63.8 cm³/mol. The largest absolute Gasteiger partial charge is 0.480 e. The van der Waals surface area contributed by atoms with Crippen LogP contribution in [0.15, 0.2) is 30.6 Å². The van der Waals surface area contributed by atoms with Gasteiger partial charge in [0, 0.05) is 18.0 Å². The molecule has 0 aliphatic heterocycles. The minimum Gasteiger partial charge on any atom is -0.480 e. The van der Waals surface area contributed by atoms with E-state index >= 15 is 0 Å². The van der Waals surface area contributed by atoms with E-state index < -0.39 is 0 Å². The quantitative estimate of drug-likeness (QED) is 0.801. The summed E-state index contributed by atoms with van der Waals surface area (Å²) in [5.41, 5.74) is 2.76. The first-order valence-corrected chi connectivity index (χ1v) is 5.22. The van der Waals surface area contributed by atoms with Crippen LogP contribution in [0, 0.1) is 6.92 Å². The monoisotopic (exact) mass is 234 g/mol. The molecule has 2 aromatic rings. The van der Waals surface area contributed by atoms with Gasteiger partial charge >= 0.3 is 0 Å². The lowest BCUT2D eigenvalue weighted by atomic mass is 10.1. The molecule has 0 atom stereocenters. The van der Waals surface area contributed by atoms with Crippen LogP contribution in [0.2, 0.25) is 5.02 Å². The van der Waals surface area contributed by atoms with Gasteiger partial charge in [-0.15, -0.1) is 0 Å². The lowest BCUT2D eigenvalue weighted by Gasteiger charge is -2.08. The fourth-order valence-electron chi connectivity index (χ4n) is 1.52. The number of aryl methyl sites for hydroxylation is 1. The highest BCUT2D eigenvalue weighted by Crippen LogP contribution is 2.33. The first kappa shape index (κ1) is 10.9. The Bertz CT molecular complexity index is 514. The molecule has 0 saturated carbocycles. The topological polar surface area (TPSA) is 35.0 Å². The molecule has 2 aromatic heterocycles. The van der Waals surface area contributed by atoms with Crippen LogP contribution in [0.25, 0.3) is 11.3 Å². The molecule has 4 heteroatoms. The molecule has 0 radical (unpaired) electrons. The molecular weight excluding hydrogens is 224 g/mol. The molecule has 0 unspecified atom stereocenters. The highest BCUT2D eigenvalue weighted by atomic mass is 35.5. The lowest BCUT2D eigenvalue weighted by molar-refractivity contribution is 0.398. The highest BCUT2D eigenvalue weighted by Gasteiger charge is 2.12. The van der Waals surface area contributed by atoms with Crippen molar-refractivity contribution in [2.45, 2.75) is 6.92 Å². The summed E-state index contributed by atoms with van der Waals surface area (Å²) in [5.74, 6) is 0.421.